The summed E-state index contributed by atoms with van der Waals surface area (Å²) in [5.74, 6) is -0.707. The van der Waals surface area contributed by atoms with Crippen molar-refractivity contribution in [3.63, 3.8) is 0 Å². The van der Waals surface area contributed by atoms with E-state index in [4.69, 9.17) is 4.74 Å². The van der Waals surface area contributed by atoms with Crippen LogP contribution in [-0.2, 0) is 0 Å². The zero-order valence-corrected chi connectivity index (χ0v) is 10.5. The van der Waals surface area contributed by atoms with E-state index >= 15 is 0 Å². The van der Waals surface area contributed by atoms with Gasteiger partial charge in [0.2, 0.25) is 5.82 Å². The van der Waals surface area contributed by atoms with Crippen molar-refractivity contribution in [2.24, 2.45) is 0 Å². The molecule has 1 aliphatic rings. The highest BCUT2D eigenvalue weighted by Gasteiger charge is 2.25. The van der Waals surface area contributed by atoms with Crippen LogP contribution in [0.25, 0.3) is 0 Å². The first kappa shape index (κ1) is 11.7. The van der Waals surface area contributed by atoms with E-state index in [1.54, 1.807) is 6.07 Å². The quantitative estimate of drug-likeness (QED) is 0.878. The summed E-state index contributed by atoms with van der Waals surface area (Å²) in [7, 11) is 1.41. The number of hydrogen-bond acceptors (Lipinski definition) is 3. The van der Waals surface area contributed by atoms with Crippen molar-refractivity contribution in [2.45, 2.75) is 12.3 Å². The Morgan fingerprint density at radius 1 is 1.62 bits per heavy atom. The van der Waals surface area contributed by atoms with Gasteiger partial charge in [-0.3, -0.25) is 0 Å². The van der Waals surface area contributed by atoms with Gasteiger partial charge in [-0.05, 0) is 35.0 Å². The van der Waals surface area contributed by atoms with Crippen LogP contribution in [0.15, 0.2) is 10.5 Å². The number of phenolic OH excluding ortho intramolecular Hbond substituents is 1. The van der Waals surface area contributed by atoms with E-state index in [9.17, 15) is 9.50 Å². The lowest BCUT2D eigenvalue weighted by molar-refractivity contribution is 0.356. The summed E-state index contributed by atoms with van der Waals surface area (Å²) in [6, 6.07) is 1.73. The first-order chi connectivity index (χ1) is 7.65. The van der Waals surface area contributed by atoms with Gasteiger partial charge in [-0.25, -0.2) is 0 Å². The molecule has 1 atom stereocenters. The van der Waals surface area contributed by atoms with Gasteiger partial charge >= 0.3 is 0 Å². The molecule has 3 nitrogen and oxygen atoms in total. The Bertz CT molecular complexity index is 405. The number of ether oxygens (including phenoxy) is 1. The highest BCUT2D eigenvalue weighted by atomic mass is 79.9. The maximum Gasteiger partial charge on any atom is 0.208 e. The summed E-state index contributed by atoms with van der Waals surface area (Å²) in [5, 5.41) is 12.7. The van der Waals surface area contributed by atoms with Gasteiger partial charge in [-0.15, -0.1) is 0 Å². The zero-order chi connectivity index (χ0) is 11.7. The lowest BCUT2D eigenvalue weighted by Gasteiger charge is -2.16. The molecule has 0 aromatic heterocycles. The molecule has 1 aromatic rings. The molecule has 16 heavy (non-hydrogen) atoms. The lowest BCUT2D eigenvalue weighted by atomic mass is 9.97. The molecule has 1 heterocycles. The van der Waals surface area contributed by atoms with Crippen molar-refractivity contribution in [3.8, 4) is 11.5 Å². The van der Waals surface area contributed by atoms with Crippen LogP contribution in [0.5, 0.6) is 11.5 Å². The Hall–Kier alpha value is -0.810. The number of benzene rings is 1. The van der Waals surface area contributed by atoms with Gasteiger partial charge in [0.05, 0.1) is 11.6 Å². The second kappa shape index (κ2) is 4.59. The molecule has 0 spiro atoms. The summed E-state index contributed by atoms with van der Waals surface area (Å²) < 4.78 is 19.2. The summed E-state index contributed by atoms with van der Waals surface area (Å²) in [5.41, 5.74) is 0.801. The molecule has 1 fully saturated rings. The summed E-state index contributed by atoms with van der Waals surface area (Å²) >= 11 is 3.14. The normalized spacial score (nSPS) is 20.1. The Labute approximate surface area is 102 Å². The van der Waals surface area contributed by atoms with E-state index in [1.807, 2.05) is 0 Å². The number of halogens is 2. The Kier molecular flexibility index (Phi) is 3.35. The van der Waals surface area contributed by atoms with E-state index in [2.05, 4.69) is 21.2 Å². The largest absolute Gasteiger partial charge is 0.504 e. The lowest BCUT2D eigenvalue weighted by Crippen LogP contribution is -2.09. The molecular formula is C11H13BrFNO2. The Morgan fingerprint density at radius 2 is 2.38 bits per heavy atom. The van der Waals surface area contributed by atoms with Crippen molar-refractivity contribution >= 4 is 15.9 Å². The first-order valence-corrected chi connectivity index (χ1v) is 5.90. The van der Waals surface area contributed by atoms with Gasteiger partial charge in [0.25, 0.3) is 0 Å². The third-order valence-electron chi connectivity index (χ3n) is 2.88. The predicted molar refractivity (Wildman–Crippen MR) is 62.5 cm³/mol. The van der Waals surface area contributed by atoms with E-state index in [1.165, 1.54) is 7.11 Å². The van der Waals surface area contributed by atoms with Crippen LogP contribution in [0.4, 0.5) is 4.39 Å². The molecule has 5 heteroatoms. The van der Waals surface area contributed by atoms with Crippen LogP contribution in [0.2, 0.25) is 0 Å². The van der Waals surface area contributed by atoms with Crippen molar-refractivity contribution in [3.05, 3.63) is 21.9 Å². The smallest absolute Gasteiger partial charge is 0.208 e. The van der Waals surface area contributed by atoms with Crippen molar-refractivity contribution in [1.29, 1.82) is 0 Å². The third kappa shape index (κ3) is 1.89. The molecule has 0 amide bonds. The van der Waals surface area contributed by atoms with Crippen molar-refractivity contribution < 1.29 is 14.2 Å². The average Bonchev–Trinajstić information content (AvgIpc) is 2.79. The van der Waals surface area contributed by atoms with Gasteiger partial charge in [-0.2, -0.15) is 4.39 Å². The Balaban J connectivity index is 2.50. The number of methoxy groups -OCH3 is 1. The van der Waals surface area contributed by atoms with Gasteiger partial charge in [0, 0.05) is 18.0 Å². The molecule has 1 saturated heterocycles. The highest BCUT2D eigenvalue weighted by molar-refractivity contribution is 9.10. The molecule has 0 aliphatic carbocycles. The second-order valence-corrected chi connectivity index (χ2v) is 4.69. The van der Waals surface area contributed by atoms with Crippen LogP contribution >= 0.6 is 15.9 Å². The molecule has 0 bridgehead atoms. The van der Waals surface area contributed by atoms with Crippen LogP contribution in [0, 0.1) is 5.82 Å². The monoisotopic (exact) mass is 289 g/mol. The number of aromatic hydroxyl groups is 1. The molecule has 1 unspecified atom stereocenters. The van der Waals surface area contributed by atoms with Gasteiger partial charge in [-0.1, -0.05) is 0 Å². The van der Waals surface area contributed by atoms with Crippen LogP contribution in [0.3, 0.4) is 0 Å². The maximum atomic E-state index is 13.8. The zero-order valence-electron chi connectivity index (χ0n) is 8.89. The van der Waals surface area contributed by atoms with Gasteiger partial charge in [0.15, 0.2) is 11.5 Å². The molecule has 2 N–H and O–H groups in total. The molecule has 88 valence electrons. The van der Waals surface area contributed by atoms with Crippen LogP contribution in [-0.4, -0.2) is 25.3 Å². The molecule has 0 saturated carbocycles. The minimum atomic E-state index is -0.696. The number of phenols is 1. The van der Waals surface area contributed by atoms with Crippen molar-refractivity contribution in [1.82, 2.24) is 5.32 Å². The van der Waals surface area contributed by atoms with Crippen LogP contribution < -0.4 is 10.1 Å². The van der Waals surface area contributed by atoms with E-state index in [0.29, 0.717) is 4.47 Å². The predicted octanol–water partition coefficient (Wildman–Crippen LogP) is 2.38. The summed E-state index contributed by atoms with van der Waals surface area (Å²) in [6.45, 7) is 1.74. The van der Waals surface area contributed by atoms with Gasteiger partial charge < -0.3 is 15.2 Å². The van der Waals surface area contributed by atoms with Gasteiger partial charge in [0.1, 0.15) is 0 Å². The maximum absolute atomic E-state index is 13.8. The number of rotatable bonds is 2. The van der Waals surface area contributed by atoms with E-state index < -0.39 is 11.6 Å². The summed E-state index contributed by atoms with van der Waals surface area (Å²) in [6.07, 6.45) is 0.951. The fraction of sp³-hybridized carbons (Fsp3) is 0.455. The molecule has 2 rings (SSSR count). The molecule has 1 aliphatic heterocycles. The third-order valence-corrected chi connectivity index (χ3v) is 3.49. The number of hydrogen-bond donors (Lipinski definition) is 2. The van der Waals surface area contributed by atoms with E-state index in [0.717, 1.165) is 25.1 Å². The standard InChI is InChI=1S/C11H13BrFNO2/c1-16-11-7(6-2-3-14-5-6)4-8(12)10(15)9(11)13/h4,6,14-15H,2-3,5H2,1H3. The molecule has 0 radical (unpaired) electrons. The number of nitrogens with one attached hydrogen (secondary N) is 1. The summed E-state index contributed by atoms with van der Waals surface area (Å²) in [4.78, 5) is 0. The fourth-order valence-corrected chi connectivity index (χ4v) is 2.46. The average molecular weight is 290 g/mol. The first-order valence-electron chi connectivity index (χ1n) is 5.10. The van der Waals surface area contributed by atoms with Crippen molar-refractivity contribution in [2.75, 3.05) is 20.2 Å². The minimum Gasteiger partial charge on any atom is -0.504 e. The fourth-order valence-electron chi connectivity index (χ4n) is 2.04. The molecule has 1 aromatic carbocycles. The topological polar surface area (TPSA) is 41.5 Å². The van der Waals surface area contributed by atoms with Crippen LogP contribution in [0.1, 0.15) is 17.9 Å². The molecular weight excluding hydrogens is 277 g/mol. The highest BCUT2D eigenvalue weighted by Crippen LogP contribution is 2.40. The Morgan fingerprint density at radius 3 is 2.94 bits per heavy atom. The minimum absolute atomic E-state index is 0.148. The van der Waals surface area contributed by atoms with E-state index in [-0.39, 0.29) is 11.7 Å². The second-order valence-electron chi connectivity index (χ2n) is 3.83. The SMILES string of the molecule is COc1c(C2CCNC2)cc(Br)c(O)c1F.